The first-order chi connectivity index (χ1) is 8.95. The Hall–Kier alpha value is -1.63. The maximum absolute atomic E-state index is 11.9. The Kier molecular flexibility index (Phi) is 3.75. The Morgan fingerprint density at radius 1 is 1.26 bits per heavy atom. The Balaban J connectivity index is 2.24. The van der Waals surface area contributed by atoms with Crippen LogP contribution in [0.1, 0.15) is 12.8 Å². The van der Waals surface area contributed by atoms with E-state index in [1.807, 2.05) is 0 Å². The van der Waals surface area contributed by atoms with Crippen molar-refractivity contribution in [1.29, 1.82) is 0 Å². The van der Waals surface area contributed by atoms with E-state index in [0.717, 1.165) is 12.8 Å². The van der Waals surface area contributed by atoms with Gasteiger partial charge in [-0.15, -0.1) is 0 Å². The van der Waals surface area contributed by atoms with Gasteiger partial charge >= 0.3 is 0 Å². The Morgan fingerprint density at radius 3 is 2.37 bits per heavy atom. The van der Waals surface area contributed by atoms with Crippen molar-refractivity contribution in [1.82, 2.24) is 0 Å². The molecule has 0 atom stereocenters. The second-order valence-electron chi connectivity index (χ2n) is 4.62. The van der Waals surface area contributed by atoms with Crippen LogP contribution >= 0.6 is 0 Å². The molecule has 106 valence electrons. The molecule has 7 heteroatoms. The number of rotatable bonds is 6. The zero-order valence-corrected chi connectivity index (χ0v) is 11.8. The first-order valence-electron chi connectivity index (χ1n) is 5.97. The molecule has 0 aromatic heterocycles. The number of nitrogens with two attached hydrogens (primary N) is 1. The normalized spacial score (nSPS) is 15.1. The number of hydrogen-bond donors (Lipinski definition) is 2. The fraction of sp³-hybridized carbons (Fsp3) is 0.500. The van der Waals surface area contributed by atoms with E-state index < -0.39 is 10.0 Å². The van der Waals surface area contributed by atoms with E-state index in [-0.39, 0.29) is 11.7 Å². The summed E-state index contributed by atoms with van der Waals surface area (Å²) in [6.45, 7) is 0. The van der Waals surface area contributed by atoms with Crippen molar-refractivity contribution in [2.75, 3.05) is 30.4 Å². The van der Waals surface area contributed by atoms with Crippen LogP contribution in [0.2, 0.25) is 0 Å². The fourth-order valence-corrected chi connectivity index (χ4v) is 3.34. The highest BCUT2D eigenvalue weighted by atomic mass is 32.2. The van der Waals surface area contributed by atoms with E-state index in [1.54, 1.807) is 0 Å². The Morgan fingerprint density at radius 2 is 1.84 bits per heavy atom. The van der Waals surface area contributed by atoms with Crippen LogP contribution in [-0.2, 0) is 10.0 Å². The quantitative estimate of drug-likeness (QED) is 0.772. The molecule has 0 unspecified atom stereocenters. The molecule has 1 aliphatic rings. The van der Waals surface area contributed by atoms with Crippen LogP contribution in [0.25, 0.3) is 0 Å². The third kappa shape index (κ3) is 3.44. The van der Waals surface area contributed by atoms with Gasteiger partial charge in [0.1, 0.15) is 0 Å². The van der Waals surface area contributed by atoms with Gasteiger partial charge in [-0.25, -0.2) is 8.42 Å². The van der Waals surface area contributed by atoms with Gasteiger partial charge in [-0.2, -0.15) is 0 Å². The highest BCUT2D eigenvalue weighted by Gasteiger charge is 2.28. The van der Waals surface area contributed by atoms with Crippen molar-refractivity contribution in [2.24, 2.45) is 5.92 Å². The summed E-state index contributed by atoms with van der Waals surface area (Å²) in [7, 11) is -0.388. The van der Waals surface area contributed by atoms with Crippen LogP contribution in [0.15, 0.2) is 12.1 Å². The van der Waals surface area contributed by atoms with E-state index in [4.69, 9.17) is 15.2 Å². The van der Waals surface area contributed by atoms with E-state index in [0.29, 0.717) is 22.9 Å². The van der Waals surface area contributed by atoms with Crippen molar-refractivity contribution >= 4 is 21.4 Å². The molecule has 0 aliphatic heterocycles. The smallest absolute Gasteiger partial charge is 0.233 e. The summed E-state index contributed by atoms with van der Waals surface area (Å²) < 4.78 is 36.6. The lowest BCUT2D eigenvalue weighted by molar-refractivity contribution is 0.355. The molecule has 19 heavy (non-hydrogen) atoms. The van der Waals surface area contributed by atoms with Gasteiger partial charge in [0.25, 0.3) is 0 Å². The first-order valence-corrected chi connectivity index (χ1v) is 7.62. The van der Waals surface area contributed by atoms with Crippen LogP contribution in [-0.4, -0.2) is 28.4 Å². The van der Waals surface area contributed by atoms with Gasteiger partial charge in [0.15, 0.2) is 11.5 Å². The van der Waals surface area contributed by atoms with E-state index in [9.17, 15) is 8.42 Å². The van der Waals surface area contributed by atoms with Gasteiger partial charge in [0, 0.05) is 12.1 Å². The predicted octanol–water partition coefficient (Wildman–Crippen LogP) is 1.44. The minimum Gasteiger partial charge on any atom is -0.493 e. The molecular weight excluding hydrogens is 268 g/mol. The van der Waals surface area contributed by atoms with Crippen LogP contribution in [0, 0.1) is 5.92 Å². The summed E-state index contributed by atoms with van der Waals surface area (Å²) in [5.41, 5.74) is 6.43. The number of nitrogen functional groups attached to an aromatic ring is 1. The zero-order chi connectivity index (χ0) is 14.0. The van der Waals surface area contributed by atoms with Gasteiger partial charge in [-0.05, 0) is 18.8 Å². The fourth-order valence-electron chi connectivity index (χ4n) is 1.79. The van der Waals surface area contributed by atoms with Gasteiger partial charge in [-0.1, -0.05) is 0 Å². The van der Waals surface area contributed by atoms with Crippen molar-refractivity contribution in [3.8, 4) is 11.5 Å². The monoisotopic (exact) mass is 286 g/mol. The summed E-state index contributed by atoms with van der Waals surface area (Å²) in [6.07, 6.45) is 1.95. The van der Waals surface area contributed by atoms with Gasteiger partial charge in [0.2, 0.25) is 10.0 Å². The average Bonchev–Trinajstić information content (AvgIpc) is 3.14. The summed E-state index contributed by atoms with van der Waals surface area (Å²) in [4.78, 5) is 0. The van der Waals surface area contributed by atoms with Crippen LogP contribution < -0.4 is 19.9 Å². The number of hydrogen-bond acceptors (Lipinski definition) is 5. The standard InChI is InChI=1S/C12H18N2O4S/c1-17-11-5-9(13)10(6-12(11)18-2)14-19(15,16)7-8-3-4-8/h5-6,8,14H,3-4,7,13H2,1-2H3. The maximum atomic E-state index is 11.9. The third-order valence-corrected chi connectivity index (χ3v) is 4.41. The van der Waals surface area contributed by atoms with Crippen molar-refractivity contribution in [2.45, 2.75) is 12.8 Å². The zero-order valence-electron chi connectivity index (χ0n) is 11.0. The molecule has 1 saturated carbocycles. The third-order valence-electron chi connectivity index (χ3n) is 2.97. The molecular formula is C12H18N2O4S. The number of sulfonamides is 1. The van der Waals surface area contributed by atoms with Crippen LogP contribution in [0.3, 0.4) is 0 Å². The number of nitrogens with one attached hydrogen (secondary N) is 1. The molecule has 2 rings (SSSR count). The number of benzene rings is 1. The molecule has 0 spiro atoms. The molecule has 3 N–H and O–H groups in total. The molecule has 0 heterocycles. The lowest BCUT2D eigenvalue weighted by Crippen LogP contribution is -2.18. The maximum Gasteiger partial charge on any atom is 0.233 e. The molecule has 0 saturated heterocycles. The summed E-state index contributed by atoms with van der Waals surface area (Å²) >= 11 is 0. The molecule has 0 amide bonds. The Bertz CT molecular complexity index is 567. The molecule has 6 nitrogen and oxygen atoms in total. The Labute approximate surface area is 112 Å². The summed E-state index contributed by atoms with van der Waals surface area (Å²) in [6, 6.07) is 3.06. The minimum absolute atomic E-state index is 0.140. The van der Waals surface area contributed by atoms with Crippen LogP contribution in [0.4, 0.5) is 11.4 Å². The van der Waals surface area contributed by atoms with E-state index in [1.165, 1.54) is 26.4 Å². The van der Waals surface area contributed by atoms with Crippen LogP contribution in [0.5, 0.6) is 11.5 Å². The van der Waals surface area contributed by atoms with Crippen molar-refractivity contribution in [3.63, 3.8) is 0 Å². The van der Waals surface area contributed by atoms with Gasteiger partial charge < -0.3 is 15.2 Å². The highest BCUT2D eigenvalue weighted by molar-refractivity contribution is 7.92. The molecule has 1 aromatic carbocycles. The lowest BCUT2D eigenvalue weighted by atomic mass is 10.2. The predicted molar refractivity (Wildman–Crippen MR) is 74.1 cm³/mol. The van der Waals surface area contributed by atoms with E-state index >= 15 is 0 Å². The topological polar surface area (TPSA) is 90.6 Å². The van der Waals surface area contributed by atoms with Crippen molar-refractivity contribution < 1.29 is 17.9 Å². The van der Waals surface area contributed by atoms with Gasteiger partial charge in [0.05, 0.1) is 31.3 Å². The number of ether oxygens (including phenoxy) is 2. The lowest BCUT2D eigenvalue weighted by Gasteiger charge is -2.14. The second kappa shape index (κ2) is 5.16. The molecule has 0 radical (unpaired) electrons. The second-order valence-corrected chi connectivity index (χ2v) is 6.39. The summed E-state index contributed by atoms with van der Waals surface area (Å²) in [5.74, 6) is 1.31. The largest absolute Gasteiger partial charge is 0.493 e. The number of methoxy groups -OCH3 is 2. The first kappa shape index (κ1) is 13.8. The molecule has 1 aromatic rings. The van der Waals surface area contributed by atoms with E-state index in [2.05, 4.69) is 4.72 Å². The average molecular weight is 286 g/mol. The molecule has 0 bridgehead atoms. The number of anilines is 2. The highest BCUT2D eigenvalue weighted by Crippen LogP contribution is 2.36. The molecule has 1 aliphatic carbocycles. The SMILES string of the molecule is COc1cc(N)c(NS(=O)(=O)CC2CC2)cc1OC. The molecule has 1 fully saturated rings. The van der Waals surface area contributed by atoms with Crippen molar-refractivity contribution in [3.05, 3.63) is 12.1 Å². The minimum atomic E-state index is -3.36. The summed E-state index contributed by atoms with van der Waals surface area (Å²) in [5, 5.41) is 0. The van der Waals surface area contributed by atoms with Gasteiger partial charge in [-0.3, -0.25) is 4.72 Å².